The third kappa shape index (κ3) is 4.51. The number of hydrogen-bond donors (Lipinski definition) is 0. The number of pyridine rings is 1. The molecule has 0 unspecified atom stereocenters. The van der Waals surface area contributed by atoms with Crippen LogP contribution in [0.4, 0.5) is 0 Å². The summed E-state index contributed by atoms with van der Waals surface area (Å²) in [6.45, 7) is 5.06. The van der Waals surface area contributed by atoms with Crippen LogP contribution in [0.5, 0.6) is 11.5 Å². The smallest absolute Gasteiger partial charge is 0.246 e. The lowest BCUT2D eigenvalue weighted by molar-refractivity contribution is -0.127. The molecule has 0 aliphatic carbocycles. The summed E-state index contributed by atoms with van der Waals surface area (Å²) in [5, 5.41) is 5.92. The van der Waals surface area contributed by atoms with E-state index in [2.05, 4.69) is 11.6 Å². The summed E-state index contributed by atoms with van der Waals surface area (Å²) < 4.78 is 7.91. The van der Waals surface area contributed by atoms with Crippen molar-refractivity contribution >= 4 is 16.8 Å². The van der Waals surface area contributed by atoms with E-state index < -0.39 is 0 Å². The number of likely N-dealkylation sites (tertiary alicyclic amines) is 1. The van der Waals surface area contributed by atoms with Gasteiger partial charge in [0, 0.05) is 29.9 Å². The number of amides is 1. The van der Waals surface area contributed by atoms with E-state index in [4.69, 9.17) is 9.84 Å². The standard InChI is InChI=1S/C26H24N4O2.CH4/c1-2-25(31)29-16-6-7-20(29)18-30-24-14-15-27-17-23(24)26(28-30)19-10-12-22(13-11-19)32-21-8-4-3-5-9-21;/h2-5,8-15,17,20H,1,6-7,16,18H2;1H4/t20-;/m1./s1. The van der Waals surface area contributed by atoms with Crippen molar-refractivity contribution in [2.24, 2.45) is 0 Å². The maximum atomic E-state index is 12.2. The summed E-state index contributed by atoms with van der Waals surface area (Å²) in [6, 6.07) is 19.7. The summed E-state index contributed by atoms with van der Waals surface area (Å²) in [7, 11) is 0. The molecule has 0 bridgehead atoms. The van der Waals surface area contributed by atoms with Crippen LogP contribution < -0.4 is 4.74 Å². The van der Waals surface area contributed by atoms with Gasteiger partial charge in [-0.25, -0.2) is 0 Å². The van der Waals surface area contributed by atoms with Crippen molar-refractivity contribution in [3.63, 3.8) is 0 Å². The molecular formula is C27H28N4O2. The van der Waals surface area contributed by atoms with Crippen LogP contribution in [0.3, 0.4) is 0 Å². The Labute approximate surface area is 194 Å². The highest BCUT2D eigenvalue weighted by Gasteiger charge is 2.28. The first-order valence-electron chi connectivity index (χ1n) is 10.8. The molecule has 1 aliphatic rings. The van der Waals surface area contributed by atoms with Gasteiger partial charge in [-0.1, -0.05) is 32.2 Å². The van der Waals surface area contributed by atoms with Crippen LogP contribution in [0.25, 0.3) is 22.2 Å². The predicted molar refractivity (Wildman–Crippen MR) is 131 cm³/mol. The molecule has 2 aromatic carbocycles. The van der Waals surface area contributed by atoms with E-state index in [0.717, 1.165) is 53.0 Å². The maximum absolute atomic E-state index is 12.2. The van der Waals surface area contributed by atoms with Gasteiger partial charge in [-0.3, -0.25) is 14.5 Å². The first-order valence-corrected chi connectivity index (χ1v) is 10.8. The first-order chi connectivity index (χ1) is 15.7. The Morgan fingerprint density at radius 1 is 1.09 bits per heavy atom. The minimum Gasteiger partial charge on any atom is -0.457 e. The number of rotatable bonds is 6. The molecule has 1 fully saturated rings. The highest BCUT2D eigenvalue weighted by Crippen LogP contribution is 2.31. The summed E-state index contributed by atoms with van der Waals surface area (Å²) in [6.07, 6.45) is 6.99. The number of aromatic nitrogens is 3. The van der Waals surface area contributed by atoms with Gasteiger partial charge in [-0.2, -0.15) is 5.10 Å². The van der Waals surface area contributed by atoms with Crippen LogP contribution in [0, 0.1) is 0 Å². The zero-order valence-electron chi connectivity index (χ0n) is 17.7. The molecule has 4 aromatic rings. The number of hydrogen-bond acceptors (Lipinski definition) is 4. The second-order valence-corrected chi connectivity index (χ2v) is 7.89. The Kier molecular flexibility index (Phi) is 6.54. The number of carbonyl (C=O) groups excluding carboxylic acids is 1. The van der Waals surface area contributed by atoms with Gasteiger partial charge in [-0.05, 0) is 61.4 Å². The Morgan fingerprint density at radius 2 is 1.85 bits per heavy atom. The summed E-state index contributed by atoms with van der Waals surface area (Å²) in [5.74, 6) is 1.56. The van der Waals surface area contributed by atoms with Crippen LogP contribution in [-0.2, 0) is 11.3 Å². The molecule has 0 spiro atoms. The molecule has 5 rings (SSSR count). The quantitative estimate of drug-likeness (QED) is 0.361. The Balaban J connectivity index is 0.00000259. The van der Waals surface area contributed by atoms with Crippen molar-refractivity contribution in [1.82, 2.24) is 19.7 Å². The molecule has 1 atom stereocenters. The van der Waals surface area contributed by atoms with E-state index in [1.807, 2.05) is 76.4 Å². The van der Waals surface area contributed by atoms with Crippen molar-refractivity contribution in [3.05, 3.63) is 85.7 Å². The first kappa shape index (κ1) is 22.3. The van der Waals surface area contributed by atoms with Gasteiger partial charge in [0.1, 0.15) is 17.2 Å². The van der Waals surface area contributed by atoms with E-state index in [-0.39, 0.29) is 19.4 Å². The average molecular weight is 441 g/mol. The summed E-state index contributed by atoms with van der Waals surface area (Å²) in [5.41, 5.74) is 2.88. The van der Waals surface area contributed by atoms with Crippen molar-refractivity contribution in [1.29, 1.82) is 0 Å². The molecule has 1 amide bonds. The van der Waals surface area contributed by atoms with E-state index in [1.54, 1.807) is 6.20 Å². The molecule has 0 radical (unpaired) electrons. The number of benzene rings is 2. The average Bonchev–Trinajstić information content (AvgIpc) is 3.45. The SMILES string of the molecule is C.C=CC(=O)N1CCC[C@@H]1Cn1nc(-c2ccc(Oc3ccccc3)cc2)c2cnccc21. The molecule has 2 aromatic heterocycles. The zero-order valence-corrected chi connectivity index (χ0v) is 17.7. The monoisotopic (exact) mass is 440 g/mol. The van der Waals surface area contributed by atoms with Gasteiger partial charge in [0.25, 0.3) is 0 Å². The molecular weight excluding hydrogens is 412 g/mol. The van der Waals surface area contributed by atoms with E-state index in [0.29, 0.717) is 6.54 Å². The minimum atomic E-state index is -0.0140. The molecule has 0 saturated carbocycles. The van der Waals surface area contributed by atoms with Gasteiger partial charge in [0.2, 0.25) is 5.91 Å². The van der Waals surface area contributed by atoms with Crippen molar-refractivity contribution < 1.29 is 9.53 Å². The van der Waals surface area contributed by atoms with Crippen molar-refractivity contribution in [2.75, 3.05) is 6.54 Å². The molecule has 6 nitrogen and oxygen atoms in total. The zero-order chi connectivity index (χ0) is 21.9. The summed E-state index contributed by atoms with van der Waals surface area (Å²) in [4.78, 5) is 18.4. The fourth-order valence-corrected chi connectivity index (χ4v) is 4.31. The van der Waals surface area contributed by atoms with E-state index in [1.165, 1.54) is 6.08 Å². The molecule has 3 heterocycles. The van der Waals surface area contributed by atoms with E-state index in [9.17, 15) is 4.79 Å². The Bertz CT molecular complexity index is 1250. The van der Waals surface area contributed by atoms with Crippen LogP contribution in [0.1, 0.15) is 20.3 Å². The molecule has 1 aliphatic heterocycles. The fraction of sp³-hybridized carbons (Fsp3) is 0.222. The lowest BCUT2D eigenvalue weighted by Crippen LogP contribution is -2.37. The Morgan fingerprint density at radius 3 is 2.61 bits per heavy atom. The fourth-order valence-electron chi connectivity index (χ4n) is 4.31. The predicted octanol–water partition coefficient (Wildman–Crippen LogP) is 5.70. The van der Waals surface area contributed by atoms with Gasteiger partial charge < -0.3 is 9.64 Å². The minimum absolute atomic E-state index is 0. The largest absolute Gasteiger partial charge is 0.457 e. The highest BCUT2D eigenvalue weighted by atomic mass is 16.5. The number of carbonyl (C=O) groups is 1. The van der Waals surface area contributed by atoms with Crippen LogP contribution in [0.2, 0.25) is 0 Å². The summed E-state index contributed by atoms with van der Waals surface area (Å²) >= 11 is 0. The number of ether oxygens (including phenoxy) is 1. The third-order valence-electron chi connectivity index (χ3n) is 5.88. The molecule has 33 heavy (non-hydrogen) atoms. The Hall–Kier alpha value is -3.93. The van der Waals surface area contributed by atoms with E-state index >= 15 is 0 Å². The lowest BCUT2D eigenvalue weighted by Gasteiger charge is -2.23. The van der Waals surface area contributed by atoms with Crippen LogP contribution in [0.15, 0.2) is 85.7 Å². The number of fused-ring (bicyclic) bond motifs is 1. The maximum Gasteiger partial charge on any atom is 0.246 e. The topological polar surface area (TPSA) is 60.2 Å². The number of para-hydroxylation sites is 1. The van der Waals surface area contributed by atoms with Gasteiger partial charge in [0.05, 0.1) is 18.1 Å². The molecule has 0 N–H and O–H groups in total. The van der Waals surface area contributed by atoms with Gasteiger partial charge in [0.15, 0.2) is 0 Å². The second-order valence-electron chi connectivity index (χ2n) is 7.89. The van der Waals surface area contributed by atoms with Crippen molar-refractivity contribution in [3.8, 4) is 22.8 Å². The normalized spacial score (nSPS) is 15.3. The van der Waals surface area contributed by atoms with Gasteiger partial charge >= 0.3 is 0 Å². The van der Waals surface area contributed by atoms with Crippen molar-refractivity contribution in [2.45, 2.75) is 32.9 Å². The third-order valence-corrected chi connectivity index (χ3v) is 5.88. The number of nitrogens with zero attached hydrogens (tertiary/aromatic N) is 4. The second kappa shape index (κ2) is 9.69. The lowest BCUT2D eigenvalue weighted by atomic mass is 10.1. The molecule has 6 heteroatoms. The molecule has 1 saturated heterocycles. The molecule has 168 valence electrons. The highest BCUT2D eigenvalue weighted by molar-refractivity contribution is 5.92. The van der Waals surface area contributed by atoms with Gasteiger partial charge in [-0.15, -0.1) is 0 Å². The van der Waals surface area contributed by atoms with Crippen LogP contribution >= 0.6 is 0 Å². The van der Waals surface area contributed by atoms with Crippen LogP contribution in [-0.4, -0.2) is 38.2 Å².